The van der Waals surface area contributed by atoms with Gasteiger partial charge in [0.25, 0.3) is 0 Å². The molecule has 1 aliphatic heterocycles. The standard InChI is InChI=1S/C22H28N2O2/c1-22(2,20-10-4-3-5-11-20)21(25)23-16-18-8-6-7-9-19(18)17-24-12-14-26-15-13-24/h3-11H,12-17H2,1-2H3,(H,23,25). The summed E-state index contributed by atoms with van der Waals surface area (Å²) in [5.74, 6) is 0.0462. The van der Waals surface area contributed by atoms with Crippen LogP contribution in [-0.2, 0) is 28.0 Å². The molecular formula is C22H28N2O2. The fraction of sp³-hybridized carbons (Fsp3) is 0.409. The van der Waals surface area contributed by atoms with Gasteiger partial charge in [-0.1, -0.05) is 54.6 Å². The smallest absolute Gasteiger partial charge is 0.230 e. The van der Waals surface area contributed by atoms with Gasteiger partial charge in [0.05, 0.1) is 18.6 Å². The molecular weight excluding hydrogens is 324 g/mol. The molecule has 0 unspecified atom stereocenters. The molecule has 4 heteroatoms. The van der Waals surface area contributed by atoms with Gasteiger partial charge in [0, 0.05) is 26.2 Å². The molecule has 1 aliphatic rings. The summed E-state index contributed by atoms with van der Waals surface area (Å²) < 4.78 is 5.43. The lowest BCUT2D eigenvalue weighted by atomic mass is 9.83. The average molecular weight is 352 g/mol. The minimum Gasteiger partial charge on any atom is -0.379 e. The van der Waals surface area contributed by atoms with Crippen molar-refractivity contribution in [2.45, 2.75) is 32.4 Å². The molecule has 2 aromatic rings. The van der Waals surface area contributed by atoms with Crippen LogP contribution in [0.5, 0.6) is 0 Å². The maximum Gasteiger partial charge on any atom is 0.230 e. The average Bonchev–Trinajstić information content (AvgIpc) is 2.68. The van der Waals surface area contributed by atoms with E-state index in [2.05, 4.69) is 28.4 Å². The number of hydrogen-bond donors (Lipinski definition) is 1. The van der Waals surface area contributed by atoms with Gasteiger partial charge in [0.1, 0.15) is 0 Å². The van der Waals surface area contributed by atoms with E-state index in [0.717, 1.165) is 38.4 Å². The lowest BCUT2D eigenvalue weighted by molar-refractivity contribution is -0.125. The SMILES string of the molecule is CC(C)(C(=O)NCc1ccccc1CN1CCOCC1)c1ccccc1. The van der Waals surface area contributed by atoms with Gasteiger partial charge in [-0.25, -0.2) is 0 Å². The number of morpholine rings is 1. The number of amides is 1. The summed E-state index contributed by atoms with van der Waals surface area (Å²) >= 11 is 0. The van der Waals surface area contributed by atoms with Crippen molar-refractivity contribution in [2.24, 2.45) is 0 Å². The van der Waals surface area contributed by atoms with E-state index in [1.54, 1.807) is 0 Å². The van der Waals surface area contributed by atoms with Gasteiger partial charge >= 0.3 is 0 Å². The Morgan fingerprint density at radius 2 is 1.62 bits per heavy atom. The topological polar surface area (TPSA) is 41.6 Å². The summed E-state index contributed by atoms with van der Waals surface area (Å²) in [6, 6.07) is 18.3. The van der Waals surface area contributed by atoms with Crippen molar-refractivity contribution in [1.29, 1.82) is 0 Å². The van der Waals surface area contributed by atoms with Crippen LogP contribution in [-0.4, -0.2) is 37.1 Å². The molecule has 0 bridgehead atoms. The van der Waals surface area contributed by atoms with Crippen LogP contribution < -0.4 is 5.32 Å². The van der Waals surface area contributed by atoms with Gasteiger partial charge in [-0.3, -0.25) is 9.69 Å². The van der Waals surface area contributed by atoms with Gasteiger partial charge in [0.15, 0.2) is 0 Å². The molecule has 26 heavy (non-hydrogen) atoms. The molecule has 1 heterocycles. The van der Waals surface area contributed by atoms with Gasteiger partial charge in [-0.2, -0.15) is 0 Å². The Kier molecular flexibility index (Phi) is 6.07. The van der Waals surface area contributed by atoms with E-state index < -0.39 is 5.41 Å². The Hall–Kier alpha value is -2.17. The Labute approximate surface area is 156 Å². The van der Waals surface area contributed by atoms with Crippen LogP contribution in [0.25, 0.3) is 0 Å². The van der Waals surface area contributed by atoms with E-state index in [1.807, 2.05) is 50.2 Å². The second kappa shape index (κ2) is 8.47. The van der Waals surface area contributed by atoms with Crippen molar-refractivity contribution in [1.82, 2.24) is 10.2 Å². The Bertz CT molecular complexity index is 722. The number of benzene rings is 2. The number of ether oxygens (including phenoxy) is 1. The van der Waals surface area contributed by atoms with Crippen LogP contribution in [0.4, 0.5) is 0 Å². The monoisotopic (exact) mass is 352 g/mol. The van der Waals surface area contributed by atoms with E-state index >= 15 is 0 Å². The first kappa shape index (κ1) is 18.6. The van der Waals surface area contributed by atoms with Crippen molar-refractivity contribution >= 4 is 5.91 Å². The van der Waals surface area contributed by atoms with Crippen LogP contribution in [0.2, 0.25) is 0 Å². The lowest BCUT2D eigenvalue weighted by Gasteiger charge is -2.28. The summed E-state index contributed by atoms with van der Waals surface area (Å²) in [4.78, 5) is 15.2. The molecule has 0 radical (unpaired) electrons. The first-order valence-corrected chi connectivity index (χ1v) is 9.28. The highest BCUT2D eigenvalue weighted by molar-refractivity contribution is 5.87. The second-order valence-corrected chi connectivity index (χ2v) is 7.33. The summed E-state index contributed by atoms with van der Waals surface area (Å²) in [5.41, 5.74) is 2.92. The van der Waals surface area contributed by atoms with E-state index in [0.29, 0.717) is 6.54 Å². The zero-order valence-electron chi connectivity index (χ0n) is 15.7. The van der Waals surface area contributed by atoms with Crippen molar-refractivity contribution in [3.8, 4) is 0 Å². The second-order valence-electron chi connectivity index (χ2n) is 7.33. The third-order valence-electron chi connectivity index (χ3n) is 5.12. The quantitative estimate of drug-likeness (QED) is 0.868. The Balaban J connectivity index is 1.65. The molecule has 0 spiro atoms. The van der Waals surface area contributed by atoms with E-state index in [9.17, 15) is 4.79 Å². The molecule has 0 aromatic heterocycles. The Morgan fingerprint density at radius 1 is 1.00 bits per heavy atom. The third-order valence-corrected chi connectivity index (χ3v) is 5.12. The normalized spacial score (nSPS) is 15.6. The van der Waals surface area contributed by atoms with Gasteiger partial charge in [0.2, 0.25) is 5.91 Å². The van der Waals surface area contributed by atoms with E-state index in [4.69, 9.17) is 4.74 Å². The third kappa shape index (κ3) is 4.51. The highest BCUT2D eigenvalue weighted by atomic mass is 16.5. The number of rotatable bonds is 6. The molecule has 0 saturated carbocycles. The zero-order chi connectivity index (χ0) is 18.4. The number of nitrogens with zero attached hydrogens (tertiary/aromatic N) is 1. The molecule has 2 aromatic carbocycles. The molecule has 1 N–H and O–H groups in total. The number of carbonyl (C=O) groups excluding carboxylic acids is 1. The lowest BCUT2D eigenvalue weighted by Crippen LogP contribution is -2.40. The molecule has 1 amide bonds. The maximum absolute atomic E-state index is 12.8. The minimum atomic E-state index is -0.555. The highest BCUT2D eigenvalue weighted by Gasteiger charge is 2.29. The Morgan fingerprint density at radius 3 is 2.31 bits per heavy atom. The molecule has 1 fully saturated rings. The number of hydrogen-bond acceptors (Lipinski definition) is 3. The predicted molar refractivity (Wildman–Crippen MR) is 104 cm³/mol. The van der Waals surface area contributed by atoms with Crippen molar-refractivity contribution in [2.75, 3.05) is 26.3 Å². The summed E-state index contributed by atoms with van der Waals surface area (Å²) in [6.45, 7) is 8.90. The molecule has 0 aliphatic carbocycles. The van der Waals surface area contributed by atoms with E-state index in [1.165, 1.54) is 11.1 Å². The molecule has 1 saturated heterocycles. The fourth-order valence-corrected chi connectivity index (χ4v) is 3.27. The van der Waals surface area contributed by atoms with Crippen LogP contribution in [0.1, 0.15) is 30.5 Å². The molecule has 4 nitrogen and oxygen atoms in total. The molecule has 138 valence electrons. The highest BCUT2D eigenvalue weighted by Crippen LogP contribution is 2.23. The van der Waals surface area contributed by atoms with Gasteiger partial charge in [-0.05, 0) is 30.5 Å². The van der Waals surface area contributed by atoms with Gasteiger partial charge in [-0.15, -0.1) is 0 Å². The predicted octanol–water partition coefficient (Wildman–Crippen LogP) is 3.11. The van der Waals surface area contributed by atoms with Crippen molar-refractivity contribution in [3.63, 3.8) is 0 Å². The summed E-state index contributed by atoms with van der Waals surface area (Å²) in [7, 11) is 0. The van der Waals surface area contributed by atoms with Crippen LogP contribution in [0, 0.1) is 0 Å². The summed E-state index contributed by atoms with van der Waals surface area (Å²) in [5, 5.41) is 3.13. The molecule has 0 atom stereocenters. The fourth-order valence-electron chi connectivity index (χ4n) is 3.27. The number of carbonyl (C=O) groups is 1. The van der Waals surface area contributed by atoms with Crippen LogP contribution >= 0.6 is 0 Å². The first-order valence-electron chi connectivity index (χ1n) is 9.28. The zero-order valence-corrected chi connectivity index (χ0v) is 15.7. The van der Waals surface area contributed by atoms with Gasteiger partial charge < -0.3 is 10.1 Å². The van der Waals surface area contributed by atoms with Crippen LogP contribution in [0.15, 0.2) is 54.6 Å². The maximum atomic E-state index is 12.8. The van der Waals surface area contributed by atoms with Crippen molar-refractivity contribution < 1.29 is 9.53 Å². The van der Waals surface area contributed by atoms with Crippen LogP contribution in [0.3, 0.4) is 0 Å². The largest absolute Gasteiger partial charge is 0.379 e. The van der Waals surface area contributed by atoms with Crippen molar-refractivity contribution in [3.05, 3.63) is 71.3 Å². The summed E-state index contributed by atoms with van der Waals surface area (Å²) in [6.07, 6.45) is 0. The first-order chi connectivity index (χ1) is 12.6. The number of nitrogens with one attached hydrogen (secondary N) is 1. The van der Waals surface area contributed by atoms with E-state index in [-0.39, 0.29) is 5.91 Å². The minimum absolute atomic E-state index is 0.0462. The molecule has 3 rings (SSSR count).